The van der Waals surface area contributed by atoms with Gasteiger partial charge in [0.15, 0.2) is 0 Å². The molecule has 2 atom stereocenters. The number of rotatable bonds is 11. The quantitative estimate of drug-likeness (QED) is 0.207. The lowest BCUT2D eigenvalue weighted by molar-refractivity contribution is -0.146. The van der Waals surface area contributed by atoms with Crippen LogP contribution in [0.2, 0.25) is 0 Å². The van der Waals surface area contributed by atoms with Crippen LogP contribution in [-0.2, 0) is 27.2 Å². The first kappa shape index (κ1) is 31.0. The van der Waals surface area contributed by atoms with E-state index in [0.29, 0.717) is 38.6 Å². The maximum Gasteiger partial charge on any atom is 0.245 e. The van der Waals surface area contributed by atoms with E-state index in [1.54, 1.807) is 30.1 Å². The molecule has 3 amide bonds. The summed E-state index contributed by atoms with van der Waals surface area (Å²) >= 11 is 0. The van der Waals surface area contributed by atoms with Crippen LogP contribution >= 0.6 is 0 Å². The molecule has 2 aromatic carbocycles. The van der Waals surface area contributed by atoms with Gasteiger partial charge in [0, 0.05) is 56.2 Å². The number of H-pyrrole nitrogens is 1. The zero-order chi connectivity index (χ0) is 30.3. The lowest BCUT2D eigenvalue weighted by atomic mass is 9.74. The van der Waals surface area contributed by atoms with Crippen LogP contribution < -0.4 is 16.5 Å². The highest BCUT2D eigenvalue weighted by Gasteiger charge is 2.44. The first-order valence-corrected chi connectivity index (χ1v) is 14.6. The van der Waals surface area contributed by atoms with E-state index >= 15 is 0 Å². The Kier molecular flexibility index (Phi) is 9.85. The van der Waals surface area contributed by atoms with Gasteiger partial charge in [-0.25, -0.2) is 5.01 Å². The van der Waals surface area contributed by atoms with Gasteiger partial charge in [-0.1, -0.05) is 54.6 Å². The van der Waals surface area contributed by atoms with Crippen molar-refractivity contribution in [2.75, 3.05) is 27.2 Å². The van der Waals surface area contributed by atoms with E-state index in [4.69, 9.17) is 5.73 Å². The Morgan fingerprint density at radius 3 is 2.55 bits per heavy atom. The molecule has 3 aromatic rings. The SMILES string of the molecule is CN(C)NC(=O)C1(Cc2ccccc2)CCCN(C(=O)C(Cc2c[nH]c3ccccc23)NC(=O)/C=C/CC(C)(C)N)C1. The fourth-order valence-corrected chi connectivity index (χ4v) is 5.67. The molecule has 0 radical (unpaired) electrons. The van der Waals surface area contributed by atoms with Gasteiger partial charge in [0.25, 0.3) is 0 Å². The van der Waals surface area contributed by atoms with Gasteiger partial charge in [-0.15, -0.1) is 0 Å². The number of carbonyl (C=O) groups excluding carboxylic acids is 3. The van der Waals surface area contributed by atoms with Gasteiger partial charge < -0.3 is 20.9 Å². The van der Waals surface area contributed by atoms with Crippen LogP contribution in [0.15, 0.2) is 72.9 Å². The Morgan fingerprint density at radius 2 is 1.83 bits per heavy atom. The molecule has 0 saturated carbocycles. The summed E-state index contributed by atoms with van der Waals surface area (Å²) in [7, 11) is 3.57. The third-order valence-electron chi connectivity index (χ3n) is 7.71. The first-order valence-electron chi connectivity index (χ1n) is 14.6. The van der Waals surface area contributed by atoms with Crippen molar-refractivity contribution in [2.24, 2.45) is 11.1 Å². The summed E-state index contributed by atoms with van der Waals surface area (Å²) in [5.41, 5.74) is 10.7. The Hall–Kier alpha value is -3.95. The number of carbonyl (C=O) groups is 3. The molecule has 1 aromatic heterocycles. The van der Waals surface area contributed by atoms with Crippen molar-refractivity contribution in [3.05, 3.63) is 84.1 Å². The molecule has 0 aliphatic carbocycles. The minimum absolute atomic E-state index is 0.113. The van der Waals surface area contributed by atoms with E-state index in [9.17, 15) is 14.4 Å². The van der Waals surface area contributed by atoms with Crippen molar-refractivity contribution in [3.63, 3.8) is 0 Å². The zero-order valence-electron chi connectivity index (χ0n) is 25.2. The number of nitrogens with one attached hydrogen (secondary N) is 3. The topological polar surface area (TPSA) is 124 Å². The normalized spacial score (nSPS) is 18.4. The summed E-state index contributed by atoms with van der Waals surface area (Å²) in [6.07, 6.45) is 7.76. The summed E-state index contributed by atoms with van der Waals surface area (Å²) < 4.78 is 0. The molecule has 9 heteroatoms. The van der Waals surface area contributed by atoms with Gasteiger partial charge >= 0.3 is 0 Å². The van der Waals surface area contributed by atoms with E-state index < -0.39 is 17.0 Å². The molecule has 5 N–H and O–H groups in total. The van der Waals surface area contributed by atoms with E-state index in [1.165, 1.54) is 6.08 Å². The van der Waals surface area contributed by atoms with Crippen molar-refractivity contribution < 1.29 is 14.4 Å². The van der Waals surface area contributed by atoms with E-state index in [0.717, 1.165) is 22.0 Å². The monoisotopic (exact) mass is 572 g/mol. The number of hydrogen-bond donors (Lipinski definition) is 4. The summed E-state index contributed by atoms with van der Waals surface area (Å²) in [6.45, 7) is 4.56. The van der Waals surface area contributed by atoms with Crippen molar-refractivity contribution in [1.82, 2.24) is 25.6 Å². The summed E-state index contributed by atoms with van der Waals surface area (Å²) in [6, 6.07) is 17.0. The molecule has 42 heavy (non-hydrogen) atoms. The number of hydrazine groups is 1. The Bertz CT molecular complexity index is 1410. The highest BCUT2D eigenvalue weighted by molar-refractivity contribution is 5.94. The van der Waals surface area contributed by atoms with Crippen LogP contribution in [0.25, 0.3) is 10.9 Å². The smallest absolute Gasteiger partial charge is 0.245 e. The third kappa shape index (κ3) is 8.08. The largest absolute Gasteiger partial charge is 0.361 e. The highest BCUT2D eigenvalue weighted by atomic mass is 16.2. The molecule has 2 heterocycles. The first-order chi connectivity index (χ1) is 20.0. The molecule has 0 bridgehead atoms. The van der Waals surface area contributed by atoms with Crippen LogP contribution in [0.4, 0.5) is 0 Å². The summed E-state index contributed by atoms with van der Waals surface area (Å²) in [5.74, 6) is -0.662. The average molecular weight is 573 g/mol. The van der Waals surface area contributed by atoms with Crippen molar-refractivity contribution in [1.29, 1.82) is 0 Å². The standard InChI is InChI=1S/C33H44N6O3/c1-32(2,34)17-10-16-29(40)36-28(20-25-22-35-27-15-9-8-14-26(25)27)30(41)39-19-11-18-33(23-39,31(42)37-38(3)4)21-24-12-6-5-7-13-24/h5-10,12-16,22,28,35H,11,17-21,23,34H2,1-4H3,(H,36,40)(H,37,42)/b16-10+. The lowest BCUT2D eigenvalue weighted by Gasteiger charge is -2.43. The fraction of sp³-hybridized carbons (Fsp3) is 0.424. The van der Waals surface area contributed by atoms with Crippen molar-refractivity contribution in [2.45, 2.75) is 57.5 Å². The molecule has 9 nitrogen and oxygen atoms in total. The number of benzene rings is 2. The van der Waals surface area contributed by atoms with E-state index in [1.807, 2.05) is 74.6 Å². The molecule has 1 aliphatic heterocycles. The molecule has 1 saturated heterocycles. The predicted molar refractivity (Wildman–Crippen MR) is 166 cm³/mol. The number of amides is 3. The number of nitrogens with zero attached hydrogens (tertiary/aromatic N) is 2. The molecule has 224 valence electrons. The molecule has 1 aliphatic rings. The van der Waals surface area contributed by atoms with E-state index in [-0.39, 0.29) is 24.3 Å². The van der Waals surface area contributed by atoms with E-state index in [2.05, 4.69) is 15.7 Å². The van der Waals surface area contributed by atoms with Gasteiger partial charge in [-0.05, 0) is 62.8 Å². The molecular weight excluding hydrogens is 528 g/mol. The number of aromatic amines is 1. The number of para-hydroxylation sites is 1. The van der Waals surface area contributed by atoms with Crippen molar-refractivity contribution >= 4 is 28.6 Å². The maximum absolute atomic E-state index is 14.2. The number of nitrogens with two attached hydrogens (primary N) is 1. The predicted octanol–water partition coefficient (Wildman–Crippen LogP) is 3.32. The Balaban J connectivity index is 1.61. The van der Waals surface area contributed by atoms with Crippen LogP contribution in [0.3, 0.4) is 0 Å². The number of fused-ring (bicyclic) bond motifs is 1. The average Bonchev–Trinajstić information content (AvgIpc) is 3.34. The summed E-state index contributed by atoms with van der Waals surface area (Å²) in [4.78, 5) is 46.0. The zero-order valence-corrected chi connectivity index (χ0v) is 25.2. The molecule has 4 rings (SSSR count). The van der Waals surface area contributed by atoms with Crippen LogP contribution in [0.5, 0.6) is 0 Å². The molecule has 2 unspecified atom stereocenters. The molecule has 0 spiro atoms. The Labute approximate surface area is 248 Å². The van der Waals surface area contributed by atoms with Crippen LogP contribution in [-0.4, -0.2) is 71.4 Å². The second-order valence-electron chi connectivity index (χ2n) is 12.4. The van der Waals surface area contributed by atoms with Crippen LogP contribution in [0.1, 0.15) is 44.2 Å². The number of hydrogen-bond acceptors (Lipinski definition) is 5. The minimum Gasteiger partial charge on any atom is -0.361 e. The number of likely N-dealkylation sites (tertiary alicyclic amines) is 1. The molecular formula is C33H44N6O3. The Morgan fingerprint density at radius 1 is 1.12 bits per heavy atom. The van der Waals surface area contributed by atoms with Gasteiger partial charge in [0.1, 0.15) is 6.04 Å². The fourth-order valence-electron chi connectivity index (χ4n) is 5.67. The minimum atomic E-state index is -0.809. The lowest BCUT2D eigenvalue weighted by Crippen LogP contribution is -2.59. The maximum atomic E-state index is 14.2. The van der Waals surface area contributed by atoms with Crippen molar-refractivity contribution in [3.8, 4) is 0 Å². The third-order valence-corrected chi connectivity index (χ3v) is 7.71. The summed E-state index contributed by atoms with van der Waals surface area (Å²) in [5, 5.41) is 5.61. The van der Waals surface area contributed by atoms with Gasteiger partial charge in [0.2, 0.25) is 17.7 Å². The second-order valence-corrected chi connectivity index (χ2v) is 12.4. The molecule has 1 fully saturated rings. The number of aromatic nitrogens is 1. The van der Waals surface area contributed by atoms with Gasteiger partial charge in [-0.2, -0.15) is 0 Å². The van der Waals surface area contributed by atoms with Crippen LogP contribution in [0, 0.1) is 5.41 Å². The van der Waals surface area contributed by atoms with Gasteiger partial charge in [0.05, 0.1) is 5.41 Å². The highest BCUT2D eigenvalue weighted by Crippen LogP contribution is 2.35. The number of piperidine rings is 1. The van der Waals surface area contributed by atoms with Gasteiger partial charge in [-0.3, -0.25) is 19.8 Å². The second kappa shape index (κ2) is 13.4.